The number of aromatic nitrogens is 1. The molecular weight excluding hydrogens is 352 g/mol. The number of carbonyl (C=O) groups excluding carboxylic acids is 1. The molecule has 28 heavy (non-hydrogen) atoms. The van der Waals surface area contributed by atoms with E-state index in [4.69, 9.17) is 9.47 Å². The summed E-state index contributed by atoms with van der Waals surface area (Å²) in [7, 11) is 0. The van der Waals surface area contributed by atoms with E-state index in [0.29, 0.717) is 18.9 Å². The maximum atomic E-state index is 12.7. The lowest BCUT2D eigenvalue weighted by Gasteiger charge is -2.19. The molecule has 0 saturated heterocycles. The van der Waals surface area contributed by atoms with Crippen molar-refractivity contribution in [2.45, 2.75) is 32.6 Å². The van der Waals surface area contributed by atoms with Crippen LogP contribution in [0.1, 0.15) is 43.7 Å². The van der Waals surface area contributed by atoms with Gasteiger partial charge in [-0.3, -0.25) is 4.79 Å². The molecule has 0 aliphatic carbocycles. The summed E-state index contributed by atoms with van der Waals surface area (Å²) in [5.41, 5.74) is 3.14. The zero-order valence-corrected chi connectivity index (χ0v) is 16.3. The molecule has 5 heteroatoms. The van der Waals surface area contributed by atoms with Gasteiger partial charge in [-0.05, 0) is 30.0 Å². The molecule has 0 bridgehead atoms. The van der Waals surface area contributed by atoms with Gasteiger partial charge in [0, 0.05) is 41.5 Å². The first-order valence-corrected chi connectivity index (χ1v) is 9.84. The fourth-order valence-corrected chi connectivity index (χ4v) is 3.75. The van der Waals surface area contributed by atoms with Crippen molar-refractivity contribution in [2.24, 2.45) is 5.92 Å². The van der Waals surface area contributed by atoms with Crippen molar-refractivity contribution in [1.29, 1.82) is 0 Å². The molecule has 1 aromatic heterocycles. The number of hydrogen-bond acceptors (Lipinski definition) is 3. The highest BCUT2D eigenvalue weighted by Gasteiger charge is 2.28. The Morgan fingerprint density at radius 3 is 2.82 bits per heavy atom. The molecule has 0 unspecified atom stereocenters. The third-order valence-electron chi connectivity index (χ3n) is 5.23. The van der Waals surface area contributed by atoms with Gasteiger partial charge >= 0.3 is 0 Å². The Labute approximate surface area is 165 Å². The second kappa shape index (κ2) is 7.97. The van der Waals surface area contributed by atoms with Crippen molar-refractivity contribution < 1.29 is 14.3 Å². The molecule has 1 aliphatic heterocycles. The highest BCUT2D eigenvalue weighted by molar-refractivity contribution is 5.86. The number of fused-ring (bicyclic) bond motifs is 2. The molecule has 2 aromatic carbocycles. The predicted molar refractivity (Wildman–Crippen MR) is 110 cm³/mol. The van der Waals surface area contributed by atoms with Crippen molar-refractivity contribution in [3.63, 3.8) is 0 Å². The van der Waals surface area contributed by atoms with Crippen molar-refractivity contribution in [2.75, 3.05) is 13.3 Å². The van der Waals surface area contributed by atoms with E-state index in [1.165, 1.54) is 0 Å². The molecule has 2 heterocycles. The number of carbonyl (C=O) groups is 1. The zero-order chi connectivity index (χ0) is 19.5. The van der Waals surface area contributed by atoms with E-state index in [2.05, 4.69) is 30.2 Å². The van der Waals surface area contributed by atoms with Crippen molar-refractivity contribution >= 4 is 16.8 Å². The SMILES string of the molecule is CC(C)CCNC(=O)C[C@H](c1cccc2c1OCO2)c1c[nH]c2ccccc12. The highest BCUT2D eigenvalue weighted by Crippen LogP contribution is 2.44. The average molecular weight is 378 g/mol. The monoisotopic (exact) mass is 378 g/mol. The summed E-state index contributed by atoms with van der Waals surface area (Å²) in [6.07, 6.45) is 3.34. The Morgan fingerprint density at radius 2 is 1.96 bits per heavy atom. The van der Waals surface area contributed by atoms with Crippen LogP contribution in [-0.4, -0.2) is 24.2 Å². The summed E-state index contributed by atoms with van der Waals surface area (Å²) in [6, 6.07) is 14.1. The van der Waals surface area contributed by atoms with Crippen LogP contribution in [0.4, 0.5) is 0 Å². The van der Waals surface area contributed by atoms with Crippen LogP contribution in [0, 0.1) is 5.92 Å². The van der Waals surface area contributed by atoms with Crippen molar-refractivity contribution in [3.8, 4) is 11.5 Å². The van der Waals surface area contributed by atoms with Gasteiger partial charge in [0.05, 0.1) is 0 Å². The molecule has 5 nitrogen and oxygen atoms in total. The van der Waals surface area contributed by atoms with Crippen LogP contribution in [0.3, 0.4) is 0 Å². The first-order chi connectivity index (χ1) is 13.6. The normalized spacial score (nSPS) is 13.8. The van der Waals surface area contributed by atoms with Gasteiger partial charge in [-0.2, -0.15) is 0 Å². The Morgan fingerprint density at radius 1 is 1.11 bits per heavy atom. The topological polar surface area (TPSA) is 63.4 Å². The second-order valence-electron chi connectivity index (χ2n) is 7.66. The Bertz CT molecular complexity index is 977. The molecule has 0 fully saturated rings. The van der Waals surface area contributed by atoms with Gasteiger partial charge in [0.1, 0.15) is 0 Å². The van der Waals surface area contributed by atoms with Crippen LogP contribution in [0.5, 0.6) is 11.5 Å². The third kappa shape index (κ3) is 3.70. The smallest absolute Gasteiger partial charge is 0.231 e. The zero-order valence-electron chi connectivity index (χ0n) is 16.3. The molecule has 1 aliphatic rings. The van der Waals surface area contributed by atoms with Crippen LogP contribution in [-0.2, 0) is 4.79 Å². The number of ether oxygens (including phenoxy) is 2. The van der Waals surface area contributed by atoms with E-state index in [-0.39, 0.29) is 18.6 Å². The van der Waals surface area contributed by atoms with Crippen molar-refractivity contribution in [1.82, 2.24) is 10.3 Å². The molecule has 146 valence electrons. The maximum absolute atomic E-state index is 12.7. The second-order valence-corrected chi connectivity index (χ2v) is 7.66. The Hall–Kier alpha value is -2.95. The molecule has 0 radical (unpaired) electrons. The summed E-state index contributed by atoms with van der Waals surface area (Å²) in [5.74, 6) is 1.97. The number of benzene rings is 2. The van der Waals surface area contributed by atoms with Gasteiger partial charge < -0.3 is 19.8 Å². The summed E-state index contributed by atoms with van der Waals surface area (Å²) in [4.78, 5) is 16.1. The molecule has 0 spiro atoms. The maximum Gasteiger partial charge on any atom is 0.231 e. The van der Waals surface area contributed by atoms with E-state index < -0.39 is 0 Å². The minimum absolute atomic E-state index is 0.0486. The summed E-state index contributed by atoms with van der Waals surface area (Å²) in [6.45, 7) is 5.23. The molecule has 0 saturated carbocycles. The van der Waals surface area contributed by atoms with Crippen LogP contribution in [0.2, 0.25) is 0 Å². The summed E-state index contributed by atoms with van der Waals surface area (Å²) < 4.78 is 11.3. The van der Waals surface area contributed by atoms with Gasteiger partial charge in [-0.1, -0.05) is 44.2 Å². The first kappa shape index (κ1) is 18.4. The van der Waals surface area contributed by atoms with Crippen LogP contribution in [0.15, 0.2) is 48.7 Å². The lowest BCUT2D eigenvalue weighted by Crippen LogP contribution is -2.27. The van der Waals surface area contributed by atoms with Crippen LogP contribution >= 0.6 is 0 Å². The van der Waals surface area contributed by atoms with Gasteiger partial charge in [-0.25, -0.2) is 0 Å². The van der Waals surface area contributed by atoms with E-state index in [1.807, 2.05) is 42.6 Å². The number of para-hydroxylation sites is 2. The van der Waals surface area contributed by atoms with E-state index in [0.717, 1.165) is 39.9 Å². The number of aromatic amines is 1. The minimum atomic E-state index is -0.119. The fourth-order valence-electron chi connectivity index (χ4n) is 3.75. The van der Waals surface area contributed by atoms with E-state index in [9.17, 15) is 4.79 Å². The first-order valence-electron chi connectivity index (χ1n) is 9.84. The Balaban J connectivity index is 1.68. The van der Waals surface area contributed by atoms with E-state index in [1.54, 1.807) is 0 Å². The largest absolute Gasteiger partial charge is 0.454 e. The van der Waals surface area contributed by atoms with Gasteiger partial charge in [-0.15, -0.1) is 0 Å². The number of nitrogens with one attached hydrogen (secondary N) is 2. The van der Waals surface area contributed by atoms with Gasteiger partial charge in [0.2, 0.25) is 12.7 Å². The van der Waals surface area contributed by atoms with Crippen LogP contribution < -0.4 is 14.8 Å². The Kier molecular flexibility index (Phi) is 5.24. The number of H-pyrrole nitrogens is 1. The summed E-state index contributed by atoms with van der Waals surface area (Å²) in [5, 5.41) is 4.19. The molecule has 4 rings (SSSR count). The number of hydrogen-bond donors (Lipinski definition) is 2. The molecular formula is C23H26N2O3. The average Bonchev–Trinajstić information content (AvgIpc) is 3.32. The predicted octanol–water partition coefficient (Wildman–Crippen LogP) is 4.58. The van der Waals surface area contributed by atoms with Crippen molar-refractivity contribution in [3.05, 3.63) is 59.8 Å². The molecule has 3 aromatic rings. The standard InChI is InChI=1S/C23H26N2O3/c1-15(2)10-11-24-22(26)12-18(17-7-5-9-21-23(17)28-14-27-21)19-13-25-20-8-4-3-6-16(19)20/h3-9,13,15,18,25H,10-12,14H2,1-2H3,(H,24,26)/t18-/m1/s1. The third-order valence-corrected chi connectivity index (χ3v) is 5.23. The summed E-state index contributed by atoms with van der Waals surface area (Å²) >= 11 is 0. The fraction of sp³-hybridized carbons (Fsp3) is 0.348. The molecule has 1 amide bonds. The lowest BCUT2D eigenvalue weighted by atomic mass is 9.87. The minimum Gasteiger partial charge on any atom is -0.454 e. The highest BCUT2D eigenvalue weighted by atomic mass is 16.7. The molecule has 1 atom stereocenters. The lowest BCUT2D eigenvalue weighted by molar-refractivity contribution is -0.121. The number of amides is 1. The van der Waals surface area contributed by atoms with Gasteiger partial charge in [0.15, 0.2) is 11.5 Å². The van der Waals surface area contributed by atoms with Crippen LogP contribution in [0.25, 0.3) is 10.9 Å². The number of rotatable bonds is 7. The van der Waals surface area contributed by atoms with Gasteiger partial charge in [0.25, 0.3) is 0 Å². The molecule has 2 N–H and O–H groups in total. The quantitative estimate of drug-likeness (QED) is 0.632. The van der Waals surface area contributed by atoms with E-state index >= 15 is 0 Å².